The Hall–Kier alpha value is -3.36. The van der Waals surface area contributed by atoms with Gasteiger partial charge in [0.1, 0.15) is 11.6 Å². The van der Waals surface area contributed by atoms with Gasteiger partial charge in [-0.2, -0.15) is 0 Å². The third-order valence-electron chi connectivity index (χ3n) is 5.03. The average Bonchev–Trinajstić information content (AvgIpc) is 3.13. The summed E-state index contributed by atoms with van der Waals surface area (Å²) in [7, 11) is 0. The molecule has 2 aromatic heterocycles. The molecule has 0 saturated heterocycles. The molecule has 0 saturated carbocycles. The summed E-state index contributed by atoms with van der Waals surface area (Å²) in [5, 5.41) is 29.0. The van der Waals surface area contributed by atoms with Crippen LogP contribution in [0.2, 0.25) is 0 Å². The lowest BCUT2D eigenvalue weighted by molar-refractivity contribution is -0.139. The van der Waals surface area contributed by atoms with Crippen molar-refractivity contribution in [1.29, 1.82) is 0 Å². The number of aliphatic hydroxyl groups is 2. The van der Waals surface area contributed by atoms with Gasteiger partial charge in [0, 0.05) is 41.6 Å². The highest BCUT2D eigenvalue weighted by Crippen LogP contribution is 2.36. The molecule has 0 spiro atoms. The van der Waals surface area contributed by atoms with Crippen LogP contribution in [0, 0.1) is 5.82 Å². The zero-order valence-corrected chi connectivity index (χ0v) is 18.8. The Labute approximate surface area is 191 Å². The molecule has 2 heterocycles. The van der Waals surface area contributed by atoms with Gasteiger partial charge in [0.2, 0.25) is 0 Å². The largest absolute Gasteiger partial charge is 0.481 e. The monoisotopic (exact) mass is 453 g/mol. The summed E-state index contributed by atoms with van der Waals surface area (Å²) < 4.78 is 15.4. The van der Waals surface area contributed by atoms with Crippen molar-refractivity contribution < 1.29 is 24.5 Å². The van der Waals surface area contributed by atoms with E-state index in [4.69, 9.17) is 10.1 Å². The molecule has 2 atom stereocenters. The number of nitrogens with zero attached hydrogens (tertiary/aromatic N) is 3. The van der Waals surface area contributed by atoms with Crippen LogP contribution >= 0.6 is 0 Å². The number of pyridine rings is 1. The van der Waals surface area contributed by atoms with E-state index in [-0.39, 0.29) is 17.7 Å². The number of aliphatic hydroxyl groups excluding tert-OH is 2. The Morgan fingerprint density at radius 1 is 1.09 bits per heavy atom. The summed E-state index contributed by atoms with van der Waals surface area (Å²) >= 11 is 0. The lowest BCUT2D eigenvalue weighted by atomic mass is 9.95. The number of hydrogen-bond donors (Lipinski definition) is 3. The summed E-state index contributed by atoms with van der Waals surface area (Å²) in [6.45, 7) is 6.03. The Balaban J connectivity index is 2.12. The number of benzene rings is 1. The molecule has 0 aliphatic heterocycles. The first kappa shape index (κ1) is 24.3. The number of carboxylic acids is 1. The van der Waals surface area contributed by atoms with E-state index in [0.29, 0.717) is 11.5 Å². The van der Waals surface area contributed by atoms with Crippen molar-refractivity contribution in [2.45, 2.75) is 51.2 Å². The summed E-state index contributed by atoms with van der Waals surface area (Å²) in [4.78, 5) is 19.8. The second-order valence-corrected chi connectivity index (χ2v) is 8.89. The topological polar surface area (TPSA) is 108 Å². The normalized spacial score (nSPS) is 13.9. The van der Waals surface area contributed by atoms with Crippen LogP contribution in [-0.2, 0) is 10.2 Å². The molecule has 3 rings (SSSR count). The first-order chi connectivity index (χ1) is 15.6. The number of aliphatic carboxylic acids is 1. The summed E-state index contributed by atoms with van der Waals surface area (Å²) in [5.74, 6) is -0.766. The molecule has 0 bridgehead atoms. The maximum absolute atomic E-state index is 13.6. The van der Waals surface area contributed by atoms with Crippen LogP contribution in [0.3, 0.4) is 0 Å². The van der Waals surface area contributed by atoms with Gasteiger partial charge in [0.15, 0.2) is 0 Å². The lowest BCUT2D eigenvalue weighted by Gasteiger charge is -2.19. The third-order valence-corrected chi connectivity index (χ3v) is 5.03. The first-order valence-electron chi connectivity index (χ1n) is 10.6. The number of carboxylic acid groups (broad SMARTS) is 1. The standard InChI is InChI=1S/C25H28FN3O4/c1-25(2,3)24-28-22(16-4-6-18(26)7-5-16)23(17-8-11-27-12-9-17)29(24)13-10-19(30)14-20(31)15-21(32)33/h4-13,19-20,30-31H,14-15H2,1-3H3,(H,32,33)/b13-10+. The lowest BCUT2D eigenvalue weighted by Crippen LogP contribution is -2.20. The van der Waals surface area contributed by atoms with E-state index < -0.39 is 24.6 Å². The predicted octanol–water partition coefficient (Wildman–Crippen LogP) is 4.11. The van der Waals surface area contributed by atoms with Crippen LogP contribution in [0.1, 0.15) is 39.4 Å². The van der Waals surface area contributed by atoms with Crippen molar-refractivity contribution in [1.82, 2.24) is 14.5 Å². The smallest absolute Gasteiger partial charge is 0.305 e. The average molecular weight is 454 g/mol. The van der Waals surface area contributed by atoms with Gasteiger partial charge < -0.3 is 19.9 Å². The zero-order chi connectivity index (χ0) is 24.2. The van der Waals surface area contributed by atoms with Crippen molar-refractivity contribution in [3.8, 4) is 22.5 Å². The fourth-order valence-electron chi connectivity index (χ4n) is 3.53. The Morgan fingerprint density at radius 3 is 2.30 bits per heavy atom. The van der Waals surface area contributed by atoms with Gasteiger partial charge in [0.25, 0.3) is 0 Å². The van der Waals surface area contributed by atoms with Gasteiger partial charge in [-0.15, -0.1) is 0 Å². The van der Waals surface area contributed by atoms with Crippen molar-refractivity contribution >= 4 is 12.2 Å². The molecule has 2 unspecified atom stereocenters. The second kappa shape index (κ2) is 10.1. The molecule has 0 aliphatic rings. The number of rotatable bonds is 8. The second-order valence-electron chi connectivity index (χ2n) is 8.89. The van der Waals surface area contributed by atoms with Gasteiger partial charge in [-0.05, 0) is 42.5 Å². The van der Waals surface area contributed by atoms with E-state index in [1.165, 1.54) is 18.2 Å². The van der Waals surface area contributed by atoms with Crippen LogP contribution in [0.25, 0.3) is 28.7 Å². The maximum Gasteiger partial charge on any atom is 0.305 e. The van der Waals surface area contributed by atoms with Crippen molar-refractivity contribution in [3.63, 3.8) is 0 Å². The van der Waals surface area contributed by atoms with Gasteiger partial charge in [-0.3, -0.25) is 9.78 Å². The first-order valence-corrected chi connectivity index (χ1v) is 10.6. The Bertz CT molecular complexity index is 1120. The minimum atomic E-state index is -1.17. The third kappa shape index (κ3) is 6.12. The molecule has 3 aromatic rings. The van der Waals surface area contributed by atoms with Gasteiger partial charge >= 0.3 is 5.97 Å². The van der Waals surface area contributed by atoms with Crippen LogP contribution < -0.4 is 0 Å². The SMILES string of the molecule is CC(C)(C)c1nc(-c2ccc(F)cc2)c(-c2ccncc2)n1/C=C/C(O)CC(O)CC(=O)O. The summed E-state index contributed by atoms with van der Waals surface area (Å²) in [6, 6.07) is 9.78. The van der Waals surface area contributed by atoms with E-state index in [9.17, 15) is 19.4 Å². The molecule has 3 N–H and O–H groups in total. The number of hydrogen-bond acceptors (Lipinski definition) is 5. The molecule has 0 amide bonds. The quantitative estimate of drug-likeness (QED) is 0.474. The van der Waals surface area contributed by atoms with E-state index >= 15 is 0 Å². The van der Waals surface area contributed by atoms with Crippen molar-refractivity contribution in [3.05, 3.63) is 66.5 Å². The molecule has 33 heavy (non-hydrogen) atoms. The van der Waals surface area contributed by atoms with Crippen LogP contribution in [-0.4, -0.2) is 48.0 Å². The molecule has 8 heteroatoms. The number of imidazole rings is 1. The predicted molar refractivity (Wildman–Crippen MR) is 124 cm³/mol. The van der Waals surface area contributed by atoms with Gasteiger partial charge in [-0.1, -0.05) is 20.8 Å². The van der Waals surface area contributed by atoms with E-state index in [1.807, 2.05) is 37.5 Å². The van der Waals surface area contributed by atoms with Gasteiger partial charge in [0.05, 0.1) is 30.0 Å². The minimum Gasteiger partial charge on any atom is -0.481 e. The highest BCUT2D eigenvalue weighted by molar-refractivity contribution is 5.80. The molecule has 0 aliphatic carbocycles. The fraction of sp³-hybridized carbons (Fsp3) is 0.320. The molecule has 7 nitrogen and oxygen atoms in total. The Morgan fingerprint density at radius 2 is 1.73 bits per heavy atom. The van der Waals surface area contributed by atoms with Crippen LogP contribution in [0.15, 0.2) is 54.9 Å². The van der Waals surface area contributed by atoms with E-state index in [2.05, 4.69) is 4.98 Å². The highest BCUT2D eigenvalue weighted by Gasteiger charge is 2.27. The summed E-state index contributed by atoms with van der Waals surface area (Å²) in [5.41, 5.74) is 2.58. The van der Waals surface area contributed by atoms with Crippen LogP contribution in [0.5, 0.6) is 0 Å². The molecular weight excluding hydrogens is 425 g/mol. The zero-order valence-electron chi connectivity index (χ0n) is 18.8. The van der Waals surface area contributed by atoms with Crippen molar-refractivity contribution in [2.75, 3.05) is 0 Å². The molecular formula is C25H28FN3O4. The minimum absolute atomic E-state index is 0.113. The van der Waals surface area contributed by atoms with Crippen molar-refractivity contribution in [2.24, 2.45) is 0 Å². The molecule has 0 fully saturated rings. The molecule has 0 radical (unpaired) electrons. The Kier molecular flexibility index (Phi) is 7.40. The summed E-state index contributed by atoms with van der Waals surface area (Å²) in [6.07, 6.45) is 3.72. The molecule has 174 valence electrons. The molecule has 1 aromatic carbocycles. The number of carbonyl (C=O) groups is 1. The highest BCUT2D eigenvalue weighted by atomic mass is 19.1. The van der Waals surface area contributed by atoms with E-state index in [1.54, 1.807) is 30.7 Å². The fourth-order valence-corrected chi connectivity index (χ4v) is 3.53. The van der Waals surface area contributed by atoms with E-state index in [0.717, 1.165) is 16.8 Å². The van der Waals surface area contributed by atoms with Crippen LogP contribution in [0.4, 0.5) is 4.39 Å². The maximum atomic E-state index is 13.6. The number of halogens is 1. The number of aromatic nitrogens is 3. The van der Waals surface area contributed by atoms with Gasteiger partial charge in [-0.25, -0.2) is 9.37 Å².